The Bertz CT molecular complexity index is 1250. The first-order chi connectivity index (χ1) is 19.7. The summed E-state index contributed by atoms with van der Waals surface area (Å²) in [6.45, 7) is 4.78. The Labute approximate surface area is 237 Å². The maximum Gasteiger partial charge on any atom is 0.430 e. The average Bonchev–Trinajstić information content (AvgIpc) is 2.98. The van der Waals surface area contributed by atoms with Crippen LogP contribution in [0.5, 0.6) is 5.75 Å². The van der Waals surface area contributed by atoms with Crippen molar-refractivity contribution in [2.24, 2.45) is 5.92 Å². The van der Waals surface area contributed by atoms with Gasteiger partial charge in [-0.15, -0.1) is 0 Å². The number of nitrogens with one attached hydrogen (secondary N) is 1. The number of benzene rings is 3. The summed E-state index contributed by atoms with van der Waals surface area (Å²) in [6.07, 6.45) is -3.04. The second-order valence-corrected chi connectivity index (χ2v) is 10.3. The molecule has 0 spiro atoms. The summed E-state index contributed by atoms with van der Waals surface area (Å²) in [5, 5.41) is 12.2. The third kappa shape index (κ3) is 8.47. The molecule has 0 aromatic heterocycles. The van der Waals surface area contributed by atoms with E-state index in [9.17, 15) is 18.0 Å². The molecule has 218 valence electrons. The first-order valence-electron chi connectivity index (χ1n) is 13.5. The van der Waals surface area contributed by atoms with E-state index < -0.39 is 18.2 Å². The summed E-state index contributed by atoms with van der Waals surface area (Å²) in [5.74, 6) is -1.85. The van der Waals surface area contributed by atoms with Crippen molar-refractivity contribution in [3.8, 4) is 5.75 Å². The molecule has 3 aromatic rings. The van der Waals surface area contributed by atoms with E-state index in [1.54, 1.807) is 0 Å². The molecule has 1 N–H and O–H groups in total. The maximum atomic E-state index is 13.5. The van der Waals surface area contributed by atoms with Gasteiger partial charge in [0, 0.05) is 24.4 Å². The molecular formula is C31H33F3N2O5. The van der Waals surface area contributed by atoms with Crippen molar-refractivity contribution in [1.82, 2.24) is 0 Å². The highest BCUT2D eigenvalue weighted by Crippen LogP contribution is 2.36. The molecule has 3 heterocycles. The number of rotatable bonds is 9. The van der Waals surface area contributed by atoms with Crippen LogP contribution in [0.1, 0.15) is 24.4 Å². The van der Waals surface area contributed by atoms with Gasteiger partial charge in [0.15, 0.2) is 12.1 Å². The van der Waals surface area contributed by atoms with Crippen LogP contribution in [-0.4, -0.2) is 61.5 Å². The van der Waals surface area contributed by atoms with Crippen LogP contribution >= 0.6 is 0 Å². The van der Waals surface area contributed by atoms with E-state index in [1.165, 1.54) is 0 Å². The lowest BCUT2D eigenvalue weighted by atomic mass is 9.83. The zero-order chi connectivity index (χ0) is 29.3. The molecular weight excluding hydrogens is 537 g/mol. The Morgan fingerprint density at radius 3 is 2.00 bits per heavy atom. The lowest BCUT2D eigenvalue weighted by Gasteiger charge is -2.52. The summed E-state index contributed by atoms with van der Waals surface area (Å²) in [7, 11) is 0. The van der Waals surface area contributed by atoms with E-state index in [4.69, 9.17) is 19.4 Å². The van der Waals surface area contributed by atoms with E-state index in [0.29, 0.717) is 12.5 Å². The molecule has 0 aliphatic carbocycles. The highest BCUT2D eigenvalue weighted by Gasteiger charge is 2.48. The largest absolute Gasteiger partial charge is 0.542 e. The molecule has 6 rings (SSSR count). The molecule has 2 bridgehead atoms. The van der Waals surface area contributed by atoms with Gasteiger partial charge in [0.05, 0.1) is 13.1 Å². The van der Waals surface area contributed by atoms with Crippen LogP contribution in [0.15, 0.2) is 91.0 Å². The Kier molecular flexibility index (Phi) is 9.88. The molecule has 0 radical (unpaired) electrons. The van der Waals surface area contributed by atoms with E-state index >= 15 is 0 Å². The van der Waals surface area contributed by atoms with Gasteiger partial charge in [0.25, 0.3) is 0 Å². The summed E-state index contributed by atoms with van der Waals surface area (Å²) in [5.41, 5.74) is 1.82. The van der Waals surface area contributed by atoms with E-state index in [-0.39, 0.29) is 12.1 Å². The smallest absolute Gasteiger partial charge is 0.430 e. The van der Waals surface area contributed by atoms with Crippen molar-refractivity contribution >= 4 is 17.6 Å². The topological polar surface area (TPSA) is 87.7 Å². The van der Waals surface area contributed by atoms with Crippen LogP contribution in [-0.2, 0) is 14.3 Å². The predicted molar refractivity (Wildman–Crippen MR) is 145 cm³/mol. The minimum atomic E-state index is -5.19. The zero-order valence-electron chi connectivity index (χ0n) is 22.5. The minimum absolute atomic E-state index is 0.0458. The molecule has 7 nitrogen and oxygen atoms in total. The van der Waals surface area contributed by atoms with Crippen molar-refractivity contribution in [3.05, 3.63) is 96.6 Å². The van der Waals surface area contributed by atoms with Gasteiger partial charge in [-0.3, -0.25) is 0 Å². The fourth-order valence-electron chi connectivity index (χ4n) is 5.39. The molecule has 3 aliphatic rings. The standard InChI is InChI=1S/C29H33N2O3.C2HF3O2/c32-29(28(24-10-4-1-5-11-24)30-25-12-6-2-7-13-25)34-27-22-31(18-16-23(27)17-19-31)20-21-33-26-14-8-3-9-15-26;3-2(4,5)1(6)7/h1-15,23,27-28,30H,16-22H2;(H,6,7)/q+1;/p-1. The molecule has 3 fully saturated rings. The fourth-order valence-corrected chi connectivity index (χ4v) is 5.39. The summed E-state index contributed by atoms with van der Waals surface area (Å²) in [6, 6.07) is 29.2. The number of esters is 1. The van der Waals surface area contributed by atoms with Gasteiger partial charge in [-0.1, -0.05) is 66.7 Å². The van der Waals surface area contributed by atoms with Crippen LogP contribution in [0.4, 0.5) is 18.9 Å². The lowest BCUT2D eigenvalue weighted by Crippen LogP contribution is -2.65. The molecule has 3 aromatic carbocycles. The van der Waals surface area contributed by atoms with Crippen LogP contribution in [0, 0.1) is 5.92 Å². The third-order valence-electron chi connectivity index (χ3n) is 7.57. The Morgan fingerprint density at radius 2 is 1.44 bits per heavy atom. The third-order valence-corrected chi connectivity index (χ3v) is 7.57. The first kappa shape index (κ1) is 29.9. The van der Waals surface area contributed by atoms with Crippen LogP contribution in [0.25, 0.3) is 0 Å². The van der Waals surface area contributed by atoms with Gasteiger partial charge in [-0.2, -0.15) is 13.2 Å². The highest BCUT2D eigenvalue weighted by atomic mass is 19.4. The zero-order valence-corrected chi connectivity index (χ0v) is 22.5. The fraction of sp³-hybridized carbons (Fsp3) is 0.355. The molecule has 0 amide bonds. The van der Waals surface area contributed by atoms with E-state index in [0.717, 1.165) is 60.5 Å². The number of para-hydroxylation sites is 2. The van der Waals surface area contributed by atoms with Gasteiger partial charge in [0.1, 0.15) is 31.4 Å². The van der Waals surface area contributed by atoms with E-state index in [2.05, 4.69) is 5.32 Å². The molecule has 3 aliphatic heterocycles. The quantitative estimate of drug-likeness (QED) is 0.304. The van der Waals surface area contributed by atoms with Gasteiger partial charge >= 0.3 is 12.1 Å². The van der Waals surface area contributed by atoms with Crippen molar-refractivity contribution in [2.45, 2.75) is 31.2 Å². The highest BCUT2D eigenvalue weighted by molar-refractivity contribution is 5.81. The number of hydrogen-bond acceptors (Lipinski definition) is 6. The number of aliphatic carboxylic acids is 1. The molecule has 41 heavy (non-hydrogen) atoms. The number of anilines is 1. The second-order valence-electron chi connectivity index (χ2n) is 10.3. The summed E-state index contributed by atoms with van der Waals surface area (Å²) in [4.78, 5) is 22.3. The molecule has 0 saturated carbocycles. The number of carbonyl (C=O) groups excluding carboxylic acids is 2. The van der Waals surface area contributed by atoms with Crippen LogP contribution < -0.4 is 15.2 Å². The Hall–Kier alpha value is -4.05. The normalized spacial score (nSPS) is 22.0. The Morgan fingerprint density at radius 1 is 0.902 bits per heavy atom. The van der Waals surface area contributed by atoms with Gasteiger partial charge in [0.2, 0.25) is 0 Å². The second kappa shape index (κ2) is 13.5. The molecule has 10 heteroatoms. The van der Waals surface area contributed by atoms with Gasteiger partial charge < -0.3 is 29.2 Å². The van der Waals surface area contributed by atoms with E-state index in [1.807, 2.05) is 91.0 Å². The summed E-state index contributed by atoms with van der Waals surface area (Å²) < 4.78 is 44.8. The lowest BCUT2D eigenvalue weighted by molar-refractivity contribution is -0.946. The number of ether oxygens (including phenoxy) is 2. The minimum Gasteiger partial charge on any atom is -0.542 e. The van der Waals surface area contributed by atoms with Crippen molar-refractivity contribution in [2.75, 3.05) is 38.1 Å². The number of carboxylic acid groups (broad SMARTS) is 1. The van der Waals surface area contributed by atoms with Crippen LogP contribution in [0.2, 0.25) is 0 Å². The number of alkyl halides is 3. The predicted octanol–water partition coefficient (Wildman–Crippen LogP) is 4.37. The molecule has 2 unspecified atom stereocenters. The number of halogens is 3. The number of hydrogen-bond donors (Lipinski definition) is 1. The maximum absolute atomic E-state index is 13.5. The van der Waals surface area contributed by atoms with Gasteiger partial charge in [-0.05, 0) is 29.8 Å². The molecule has 3 saturated heterocycles. The Balaban J connectivity index is 0.000000493. The number of piperidine rings is 3. The number of carbonyl (C=O) groups is 2. The van der Waals surface area contributed by atoms with Crippen molar-refractivity contribution < 1.29 is 41.8 Å². The number of nitrogens with zero attached hydrogens (tertiary/aromatic N) is 1. The van der Waals surface area contributed by atoms with Gasteiger partial charge in [-0.25, -0.2) is 4.79 Å². The number of fused-ring (bicyclic) bond motifs is 3. The molecule has 2 atom stereocenters. The van der Waals surface area contributed by atoms with Crippen LogP contribution in [0.3, 0.4) is 0 Å². The monoisotopic (exact) mass is 570 g/mol. The summed E-state index contributed by atoms with van der Waals surface area (Å²) >= 11 is 0. The van der Waals surface area contributed by atoms with Crippen molar-refractivity contribution in [3.63, 3.8) is 0 Å². The SMILES string of the molecule is O=C(OC1C[N+]2(CCOc3ccccc3)CCC1CC2)C(Nc1ccccc1)c1ccccc1.O=C([O-])C(F)(F)F. The van der Waals surface area contributed by atoms with Crippen molar-refractivity contribution in [1.29, 1.82) is 0 Å². The first-order valence-corrected chi connectivity index (χ1v) is 13.5. The average molecular weight is 571 g/mol. The number of quaternary nitrogens is 1. The number of carboxylic acids is 1.